The molecule has 3 aliphatic carbocycles. The first kappa shape index (κ1) is 51.3. The van der Waals surface area contributed by atoms with Gasteiger partial charge in [-0.3, -0.25) is 24.0 Å². The van der Waals surface area contributed by atoms with Crippen LogP contribution in [0, 0.1) is 17.8 Å². The number of Topliss-reactive ketones (excluding diaryl/α,β-unsaturated/α-hetero) is 3. The number of aromatic hydroxyl groups is 1. The van der Waals surface area contributed by atoms with Crippen LogP contribution in [0.1, 0.15) is 125 Å². The van der Waals surface area contributed by atoms with Gasteiger partial charge in [-0.25, -0.2) is 0 Å². The summed E-state index contributed by atoms with van der Waals surface area (Å²) in [4.78, 5) is 72.3. The molecule has 376 valence electrons. The number of anilines is 1. The molecule has 2 fully saturated rings. The lowest BCUT2D eigenvalue weighted by molar-refractivity contribution is -0.126. The Kier molecular flexibility index (Phi) is 16.5. The first-order chi connectivity index (χ1) is 33.9. The van der Waals surface area contributed by atoms with Gasteiger partial charge in [0.1, 0.15) is 23.1 Å². The molecule has 5 unspecified atom stereocenters. The molecule has 14 nitrogen and oxygen atoms in total. The van der Waals surface area contributed by atoms with Gasteiger partial charge in [0.05, 0.1) is 63.4 Å². The molecule has 8 rings (SSSR count). The summed E-state index contributed by atoms with van der Waals surface area (Å²) in [5, 5.41) is 41.7. The molecule has 0 aliphatic heterocycles. The number of fused-ring (bicyclic) bond motifs is 1. The van der Waals surface area contributed by atoms with Gasteiger partial charge in [0.15, 0.2) is 11.2 Å². The minimum Gasteiger partial charge on any atom is -0.507 e. The van der Waals surface area contributed by atoms with Crippen molar-refractivity contribution in [2.75, 3.05) is 66.3 Å². The van der Waals surface area contributed by atoms with Crippen LogP contribution in [0.25, 0.3) is 49.2 Å². The van der Waals surface area contributed by atoms with Crippen molar-refractivity contribution < 1.29 is 53.4 Å². The predicted molar refractivity (Wildman–Crippen MR) is 271 cm³/mol. The smallest absolute Gasteiger partial charge is 0.230 e. The van der Waals surface area contributed by atoms with Crippen molar-refractivity contribution in [1.82, 2.24) is 0 Å². The second-order valence-corrected chi connectivity index (χ2v) is 19.7. The topological polar surface area (TPSA) is 204 Å². The van der Waals surface area contributed by atoms with E-state index in [2.05, 4.69) is 5.32 Å². The molecule has 5 aromatic carbocycles. The van der Waals surface area contributed by atoms with E-state index < -0.39 is 30.0 Å². The molecule has 14 heteroatoms. The number of hydrogen-bond donors (Lipinski definition) is 4. The number of nitrogens with one attached hydrogen (secondary N) is 1. The number of hydrogen-bond acceptors (Lipinski definition) is 14. The molecule has 4 N–H and O–H groups in total. The normalized spacial score (nSPS) is 20.4. The molecule has 0 radical (unpaired) electrons. The SMILES string of the molecule is COCCOCCCC(=O)C1CCCCC1Cc1c(O)c2c(=O)cc(CO)c3c4c(CO)cc(NC5CCCCC5C(=O)CCCOCCOC)c5c(=O)c(OC)c6c(c(c1C=C(C)C6C(C)=O)c23)c54. The molecule has 3 aliphatic rings. The number of aliphatic hydroxyl groups excluding tert-OH is 2. The fourth-order valence-corrected chi connectivity index (χ4v) is 12.4. The summed E-state index contributed by atoms with van der Waals surface area (Å²) < 4.78 is 27.6. The van der Waals surface area contributed by atoms with Crippen molar-refractivity contribution in [3.8, 4) is 11.5 Å². The second-order valence-electron chi connectivity index (χ2n) is 19.7. The van der Waals surface area contributed by atoms with Crippen LogP contribution in [0.3, 0.4) is 0 Å². The number of carbonyl (C=O) groups excluding carboxylic acids is 3. The number of ketones is 3. The predicted octanol–water partition coefficient (Wildman–Crippen LogP) is 8.03. The average Bonchev–Trinajstić information content (AvgIpc) is 3.49. The lowest BCUT2D eigenvalue weighted by atomic mass is 9.72. The largest absolute Gasteiger partial charge is 0.507 e. The Labute approximate surface area is 408 Å². The highest BCUT2D eigenvalue weighted by molar-refractivity contribution is 6.39. The number of aliphatic hydroxyl groups is 2. The van der Waals surface area contributed by atoms with Crippen LogP contribution < -0.4 is 20.9 Å². The van der Waals surface area contributed by atoms with E-state index in [1.807, 2.05) is 13.0 Å². The highest BCUT2D eigenvalue weighted by Gasteiger charge is 2.39. The molecule has 0 aromatic heterocycles. The molecule has 2 saturated carbocycles. The van der Waals surface area contributed by atoms with Gasteiger partial charge in [-0.15, -0.1) is 0 Å². The highest BCUT2D eigenvalue weighted by Crippen LogP contribution is 2.55. The summed E-state index contributed by atoms with van der Waals surface area (Å²) in [6, 6.07) is 2.69. The summed E-state index contributed by atoms with van der Waals surface area (Å²) >= 11 is 0. The van der Waals surface area contributed by atoms with Crippen LogP contribution in [0.2, 0.25) is 0 Å². The van der Waals surface area contributed by atoms with Gasteiger partial charge < -0.3 is 44.3 Å². The van der Waals surface area contributed by atoms with Gasteiger partial charge in [0, 0.05) is 85.7 Å². The number of carbonyl (C=O) groups is 3. The summed E-state index contributed by atoms with van der Waals surface area (Å²) in [6.45, 7) is 4.89. The molecule has 0 spiro atoms. The van der Waals surface area contributed by atoms with Crippen LogP contribution in [0.15, 0.2) is 27.3 Å². The lowest BCUT2D eigenvalue weighted by Gasteiger charge is -2.33. The molecule has 5 atom stereocenters. The Balaban J connectivity index is 1.38. The Bertz CT molecular complexity index is 2910. The van der Waals surface area contributed by atoms with Crippen LogP contribution in [0.5, 0.6) is 11.5 Å². The van der Waals surface area contributed by atoms with Gasteiger partial charge in [-0.1, -0.05) is 37.3 Å². The van der Waals surface area contributed by atoms with Crippen molar-refractivity contribution in [2.45, 2.75) is 122 Å². The molecular formula is C56H69NO13. The van der Waals surface area contributed by atoms with E-state index in [9.17, 15) is 34.5 Å². The Morgan fingerprint density at radius 2 is 1.27 bits per heavy atom. The molecule has 0 amide bonds. The molecule has 0 bridgehead atoms. The number of phenols is 1. The third-order valence-corrected chi connectivity index (χ3v) is 15.5. The zero-order chi connectivity index (χ0) is 49.8. The van der Waals surface area contributed by atoms with E-state index in [-0.39, 0.29) is 75.4 Å². The van der Waals surface area contributed by atoms with E-state index in [4.69, 9.17) is 23.7 Å². The van der Waals surface area contributed by atoms with Crippen molar-refractivity contribution in [2.24, 2.45) is 17.8 Å². The van der Waals surface area contributed by atoms with Crippen LogP contribution in [-0.2, 0) is 53.0 Å². The molecule has 5 aromatic rings. The van der Waals surface area contributed by atoms with E-state index in [0.29, 0.717) is 150 Å². The number of ether oxygens (including phenoxy) is 5. The lowest BCUT2D eigenvalue weighted by Crippen LogP contribution is -2.37. The van der Waals surface area contributed by atoms with Crippen molar-refractivity contribution in [3.05, 3.63) is 66.0 Å². The third-order valence-electron chi connectivity index (χ3n) is 15.5. The van der Waals surface area contributed by atoms with Crippen molar-refractivity contribution in [3.63, 3.8) is 0 Å². The fourth-order valence-electron chi connectivity index (χ4n) is 12.4. The zero-order valence-electron chi connectivity index (χ0n) is 41.4. The summed E-state index contributed by atoms with van der Waals surface area (Å²) in [5.74, 6) is -2.10. The molecule has 0 saturated heterocycles. The van der Waals surface area contributed by atoms with Crippen molar-refractivity contribution in [1.29, 1.82) is 0 Å². The first-order valence-electron chi connectivity index (χ1n) is 25.2. The molecular weight excluding hydrogens is 895 g/mol. The number of methoxy groups -OCH3 is 3. The number of rotatable bonds is 24. The first-order valence-corrected chi connectivity index (χ1v) is 25.2. The van der Waals surface area contributed by atoms with E-state index >= 15 is 4.79 Å². The zero-order valence-corrected chi connectivity index (χ0v) is 41.4. The van der Waals surface area contributed by atoms with E-state index in [1.54, 1.807) is 20.3 Å². The van der Waals surface area contributed by atoms with E-state index in [0.717, 1.165) is 32.1 Å². The van der Waals surface area contributed by atoms with Crippen molar-refractivity contribution >= 4 is 72.2 Å². The quantitative estimate of drug-likeness (QED) is 0.0263. The Hall–Kier alpha value is -5.09. The third kappa shape index (κ3) is 9.55. The monoisotopic (exact) mass is 963 g/mol. The number of phenolic OH excluding ortho intramolecular Hbond substituents is 1. The molecule has 0 heterocycles. The van der Waals surface area contributed by atoms with E-state index in [1.165, 1.54) is 20.1 Å². The number of benzene rings is 5. The Morgan fingerprint density at radius 1 is 0.686 bits per heavy atom. The Morgan fingerprint density at radius 3 is 1.89 bits per heavy atom. The highest BCUT2D eigenvalue weighted by atomic mass is 16.5. The second kappa shape index (κ2) is 22.5. The minimum absolute atomic E-state index is 0.0221. The summed E-state index contributed by atoms with van der Waals surface area (Å²) in [7, 11) is 4.62. The van der Waals surface area contributed by atoms with Crippen LogP contribution >= 0.6 is 0 Å². The van der Waals surface area contributed by atoms with Crippen LogP contribution in [0.4, 0.5) is 5.69 Å². The van der Waals surface area contributed by atoms with Gasteiger partial charge in [0.25, 0.3) is 0 Å². The standard InChI is InChI=1S/C56H69NO13/c1-30-24-37-38(25-32-12-6-7-13-35(32)41(61)16-10-18-69-22-20-66-3)54(64)49-43(63)27-34(29-59)46-45-33(28-58)26-40(57-39-15-9-8-14-36(39)42(62)17-11-19-70-23-21-67-4)48-51(45)52(47(37)50(46)49)53(44(30)31(2)60)56(68-5)55(48)65/h24,26-27,32,35-36,39,44,57-59,64H,6-23,25,28-29H2,1-5H3. The summed E-state index contributed by atoms with van der Waals surface area (Å²) in [5.41, 5.74) is 1.97. The maximum absolute atomic E-state index is 15.5. The average molecular weight is 964 g/mol. The van der Waals surface area contributed by atoms with Crippen LogP contribution in [-0.4, -0.2) is 99.7 Å². The maximum Gasteiger partial charge on any atom is 0.230 e. The maximum atomic E-state index is 15.5. The minimum atomic E-state index is -0.982. The van der Waals surface area contributed by atoms with Gasteiger partial charge in [0.2, 0.25) is 5.43 Å². The summed E-state index contributed by atoms with van der Waals surface area (Å²) in [6.07, 6.45) is 10.2. The van der Waals surface area contributed by atoms with Gasteiger partial charge in [-0.2, -0.15) is 0 Å². The fraction of sp³-hybridized carbons (Fsp3) is 0.554. The van der Waals surface area contributed by atoms with Gasteiger partial charge in [-0.05, 0) is 115 Å². The number of allylic oxidation sites excluding steroid dienone is 1. The van der Waals surface area contributed by atoms with Gasteiger partial charge >= 0.3 is 0 Å². The molecule has 70 heavy (non-hydrogen) atoms.